The van der Waals surface area contributed by atoms with Crippen molar-refractivity contribution in [3.05, 3.63) is 84.2 Å². The first-order valence-electron chi connectivity index (χ1n) is 7.78. The first-order chi connectivity index (χ1) is 12.2. The number of hydrogen-bond acceptors (Lipinski definition) is 3. The molecular weight excluding hydrogens is 322 g/mol. The van der Waals surface area contributed by atoms with E-state index in [9.17, 15) is 8.78 Å². The summed E-state index contributed by atoms with van der Waals surface area (Å²) in [5.41, 5.74) is 2.19. The van der Waals surface area contributed by atoms with Crippen LogP contribution in [0.3, 0.4) is 0 Å². The van der Waals surface area contributed by atoms with E-state index in [0.29, 0.717) is 29.4 Å². The van der Waals surface area contributed by atoms with Crippen LogP contribution in [0.15, 0.2) is 67.0 Å². The van der Waals surface area contributed by atoms with E-state index in [1.807, 2.05) is 10.6 Å². The summed E-state index contributed by atoms with van der Waals surface area (Å²) < 4.78 is 28.5. The van der Waals surface area contributed by atoms with Crippen LogP contribution in [0, 0.1) is 11.6 Å². The molecule has 0 spiro atoms. The highest BCUT2D eigenvalue weighted by Gasteiger charge is 2.15. The van der Waals surface area contributed by atoms with Gasteiger partial charge in [-0.2, -0.15) is 0 Å². The fourth-order valence-corrected chi connectivity index (χ4v) is 2.68. The van der Waals surface area contributed by atoms with Gasteiger partial charge in [0, 0.05) is 24.5 Å². The third kappa shape index (κ3) is 3.06. The minimum Gasteiger partial charge on any atom is -0.365 e. The Labute approximate surface area is 142 Å². The number of halogens is 2. The SMILES string of the molecule is Fc1ccc(CNc2c(-c3cccc(F)c3)nc3ncccn23)cc1. The number of aromatic nitrogens is 3. The summed E-state index contributed by atoms with van der Waals surface area (Å²) in [5.74, 6) is 0.622. The van der Waals surface area contributed by atoms with Crippen molar-refractivity contribution in [2.75, 3.05) is 5.32 Å². The summed E-state index contributed by atoms with van der Waals surface area (Å²) in [6.45, 7) is 0.477. The fraction of sp³-hybridized carbons (Fsp3) is 0.0526. The highest BCUT2D eigenvalue weighted by atomic mass is 19.1. The fourth-order valence-electron chi connectivity index (χ4n) is 2.68. The molecule has 0 aliphatic heterocycles. The summed E-state index contributed by atoms with van der Waals surface area (Å²) in [7, 11) is 0. The summed E-state index contributed by atoms with van der Waals surface area (Å²) >= 11 is 0. The molecule has 0 fully saturated rings. The molecule has 0 saturated carbocycles. The predicted octanol–water partition coefficient (Wildman–Crippen LogP) is 4.29. The maximum Gasteiger partial charge on any atom is 0.235 e. The largest absolute Gasteiger partial charge is 0.365 e. The van der Waals surface area contributed by atoms with Crippen molar-refractivity contribution in [2.45, 2.75) is 6.54 Å². The quantitative estimate of drug-likeness (QED) is 0.605. The van der Waals surface area contributed by atoms with Gasteiger partial charge in [-0.15, -0.1) is 0 Å². The lowest BCUT2D eigenvalue weighted by molar-refractivity contribution is 0.627. The molecule has 0 radical (unpaired) electrons. The van der Waals surface area contributed by atoms with Gasteiger partial charge in [0.25, 0.3) is 0 Å². The van der Waals surface area contributed by atoms with Gasteiger partial charge >= 0.3 is 0 Å². The van der Waals surface area contributed by atoms with Crippen LogP contribution in [-0.2, 0) is 6.54 Å². The zero-order valence-electron chi connectivity index (χ0n) is 13.2. The summed E-state index contributed by atoms with van der Waals surface area (Å²) in [6.07, 6.45) is 3.49. The average molecular weight is 336 g/mol. The van der Waals surface area contributed by atoms with Gasteiger partial charge in [0.1, 0.15) is 23.1 Å². The number of anilines is 1. The number of hydrogen-bond donors (Lipinski definition) is 1. The topological polar surface area (TPSA) is 42.2 Å². The van der Waals surface area contributed by atoms with Crippen LogP contribution in [0.2, 0.25) is 0 Å². The lowest BCUT2D eigenvalue weighted by Gasteiger charge is -2.09. The van der Waals surface area contributed by atoms with Crippen LogP contribution in [0.1, 0.15) is 5.56 Å². The number of rotatable bonds is 4. The highest BCUT2D eigenvalue weighted by molar-refractivity contribution is 5.75. The average Bonchev–Trinajstić information content (AvgIpc) is 3.00. The standard InChI is InChI=1S/C19H14F2N4/c20-15-7-5-13(6-8-15)12-23-18-17(14-3-1-4-16(21)11-14)24-19-22-9-2-10-25(18)19/h1-11,23H,12H2. The van der Waals surface area contributed by atoms with E-state index >= 15 is 0 Å². The van der Waals surface area contributed by atoms with Crippen LogP contribution in [0.5, 0.6) is 0 Å². The molecule has 124 valence electrons. The van der Waals surface area contributed by atoms with Crippen molar-refractivity contribution in [2.24, 2.45) is 0 Å². The van der Waals surface area contributed by atoms with Gasteiger partial charge in [-0.05, 0) is 35.9 Å². The lowest BCUT2D eigenvalue weighted by atomic mass is 10.1. The van der Waals surface area contributed by atoms with Crippen molar-refractivity contribution in [1.82, 2.24) is 14.4 Å². The Balaban J connectivity index is 1.75. The van der Waals surface area contributed by atoms with E-state index in [-0.39, 0.29) is 11.6 Å². The molecule has 4 aromatic rings. The van der Waals surface area contributed by atoms with Gasteiger partial charge in [-0.25, -0.2) is 18.7 Å². The second-order valence-corrected chi connectivity index (χ2v) is 5.59. The molecule has 4 rings (SSSR count). The Morgan fingerprint density at radius 2 is 1.80 bits per heavy atom. The van der Waals surface area contributed by atoms with Crippen LogP contribution >= 0.6 is 0 Å². The molecule has 0 unspecified atom stereocenters. The molecule has 6 heteroatoms. The number of nitrogens with one attached hydrogen (secondary N) is 1. The van der Waals surface area contributed by atoms with E-state index in [2.05, 4.69) is 15.3 Å². The van der Waals surface area contributed by atoms with E-state index in [4.69, 9.17) is 0 Å². The van der Waals surface area contributed by atoms with E-state index in [1.54, 1.807) is 36.5 Å². The second kappa shape index (κ2) is 6.32. The molecule has 2 aromatic heterocycles. The van der Waals surface area contributed by atoms with Crippen molar-refractivity contribution in [3.8, 4) is 11.3 Å². The maximum absolute atomic E-state index is 13.6. The molecule has 0 aliphatic rings. The van der Waals surface area contributed by atoms with Gasteiger partial charge < -0.3 is 5.32 Å². The number of fused-ring (bicyclic) bond motifs is 1. The van der Waals surface area contributed by atoms with Gasteiger partial charge in [0.05, 0.1) is 0 Å². The first-order valence-corrected chi connectivity index (χ1v) is 7.78. The third-order valence-corrected chi connectivity index (χ3v) is 3.87. The van der Waals surface area contributed by atoms with Crippen molar-refractivity contribution < 1.29 is 8.78 Å². The lowest BCUT2D eigenvalue weighted by Crippen LogP contribution is -2.03. The molecule has 4 nitrogen and oxygen atoms in total. The van der Waals surface area contributed by atoms with Crippen molar-refractivity contribution in [1.29, 1.82) is 0 Å². The van der Waals surface area contributed by atoms with Gasteiger partial charge in [0.2, 0.25) is 5.78 Å². The van der Waals surface area contributed by atoms with E-state index < -0.39 is 0 Å². The zero-order valence-corrected chi connectivity index (χ0v) is 13.2. The van der Waals surface area contributed by atoms with Crippen molar-refractivity contribution in [3.63, 3.8) is 0 Å². The molecule has 0 amide bonds. The number of benzene rings is 2. The normalized spacial score (nSPS) is 11.0. The molecule has 0 aliphatic carbocycles. The Bertz CT molecular complexity index is 1030. The molecular formula is C19H14F2N4. The smallest absolute Gasteiger partial charge is 0.235 e. The Morgan fingerprint density at radius 1 is 0.960 bits per heavy atom. The first kappa shape index (κ1) is 15.3. The zero-order chi connectivity index (χ0) is 17.2. The minimum atomic E-state index is -0.327. The van der Waals surface area contributed by atoms with Gasteiger partial charge in [-0.1, -0.05) is 24.3 Å². The molecule has 25 heavy (non-hydrogen) atoms. The van der Waals surface area contributed by atoms with E-state index in [1.165, 1.54) is 24.3 Å². The minimum absolute atomic E-state index is 0.275. The van der Waals surface area contributed by atoms with Gasteiger partial charge in [0.15, 0.2) is 0 Å². The van der Waals surface area contributed by atoms with Crippen LogP contribution < -0.4 is 5.32 Å². The molecule has 2 aromatic carbocycles. The second-order valence-electron chi connectivity index (χ2n) is 5.59. The van der Waals surface area contributed by atoms with Crippen LogP contribution in [0.4, 0.5) is 14.6 Å². The van der Waals surface area contributed by atoms with Crippen LogP contribution in [0.25, 0.3) is 17.0 Å². The number of nitrogens with zero attached hydrogens (tertiary/aromatic N) is 3. The molecule has 0 atom stereocenters. The third-order valence-electron chi connectivity index (χ3n) is 3.87. The molecule has 0 saturated heterocycles. The Kier molecular flexibility index (Phi) is 3.85. The predicted molar refractivity (Wildman–Crippen MR) is 92.1 cm³/mol. The van der Waals surface area contributed by atoms with E-state index in [0.717, 1.165) is 5.56 Å². The van der Waals surface area contributed by atoms with Crippen molar-refractivity contribution >= 4 is 11.6 Å². The summed E-state index contributed by atoms with van der Waals surface area (Å²) in [6, 6.07) is 14.3. The summed E-state index contributed by atoms with van der Waals surface area (Å²) in [4.78, 5) is 8.76. The Hall–Kier alpha value is -3.28. The summed E-state index contributed by atoms with van der Waals surface area (Å²) in [5, 5.41) is 3.31. The molecule has 2 heterocycles. The molecule has 0 bridgehead atoms. The Morgan fingerprint density at radius 3 is 2.60 bits per heavy atom. The monoisotopic (exact) mass is 336 g/mol. The van der Waals surface area contributed by atoms with Gasteiger partial charge in [-0.3, -0.25) is 4.40 Å². The number of imidazole rings is 1. The highest BCUT2D eigenvalue weighted by Crippen LogP contribution is 2.29. The van der Waals surface area contributed by atoms with Crippen LogP contribution in [-0.4, -0.2) is 14.4 Å². The maximum atomic E-state index is 13.6. The molecule has 1 N–H and O–H groups in total.